The number of carbonyl (C=O) groups is 2. The van der Waals surface area contributed by atoms with Gasteiger partial charge in [-0.3, -0.25) is 4.79 Å². The van der Waals surface area contributed by atoms with Crippen molar-refractivity contribution < 1.29 is 27.9 Å². The molecule has 0 fully saturated rings. The first kappa shape index (κ1) is 18.5. The van der Waals surface area contributed by atoms with E-state index in [1.54, 1.807) is 6.92 Å². The highest BCUT2D eigenvalue weighted by Crippen LogP contribution is 2.18. The van der Waals surface area contributed by atoms with E-state index in [-0.39, 0.29) is 18.9 Å². The highest BCUT2D eigenvalue weighted by molar-refractivity contribution is 5.74. The number of carbonyl (C=O) groups excluding carboxylic acids is 1. The summed E-state index contributed by atoms with van der Waals surface area (Å²) < 4.78 is 37.1. The monoisotopic (exact) mass is 298 g/mol. The van der Waals surface area contributed by atoms with Crippen molar-refractivity contribution in [2.75, 3.05) is 13.1 Å². The van der Waals surface area contributed by atoms with Crippen molar-refractivity contribution in [3.8, 4) is 0 Å². The van der Waals surface area contributed by atoms with Gasteiger partial charge in [0.15, 0.2) is 0 Å². The van der Waals surface area contributed by atoms with Gasteiger partial charge < -0.3 is 15.3 Å². The number of hydrogen-bond acceptors (Lipinski definition) is 2. The second-order valence-electron chi connectivity index (χ2n) is 4.90. The summed E-state index contributed by atoms with van der Waals surface area (Å²) in [6.45, 7) is 3.45. The van der Waals surface area contributed by atoms with Crippen LogP contribution in [0.2, 0.25) is 0 Å². The first-order valence-electron chi connectivity index (χ1n) is 6.39. The summed E-state index contributed by atoms with van der Waals surface area (Å²) in [4.78, 5) is 23.0. The van der Waals surface area contributed by atoms with Gasteiger partial charge in [0.05, 0.1) is 0 Å². The molecule has 0 aliphatic rings. The number of halogens is 3. The lowest BCUT2D eigenvalue weighted by atomic mass is 10.0. The Morgan fingerprint density at radius 3 is 2.20 bits per heavy atom. The molecule has 2 N–H and O–H groups in total. The van der Waals surface area contributed by atoms with E-state index >= 15 is 0 Å². The smallest absolute Gasteiger partial charge is 0.406 e. The molecular weight excluding hydrogens is 277 g/mol. The molecule has 0 aliphatic heterocycles. The fraction of sp³-hybridized carbons (Fsp3) is 0.833. The summed E-state index contributed by atoms with van der Waals surface area (Å²) in [6.07, 6.45) is -4.07. The quantitative estimate of drug-likeness (QED) is 0.758. The molecule has 0 saturated carbocycles. The van der Waals surface area contributed by atoms with Gasteiger partial charge in [-0.1, -0.05) is 13.3 Å². The van der Waals surface area contributed by atoms with E-state index < -0.39 is 30.8 Å². The van der Waals surface area contributed by atoms with Gasteiger partial charge in [0, 0.05) is 19.0 Å². The highest BCUT2D eigenvalue weighted by atomic mass is 19.4. The molecule has 2 amide bonds. The van der Waals surface area contributed by atoms with Crippen LogP contribution in [0.15, 0.2) is 0 Å². The molecule has 0 bridgehead atoms. The van der Waals surface area contributed by atoms with E-state index in [0.717, 1.165) is 0 Å². The number of aliphatic carboxylic acids is 1. The van der Waals surface area contributed by atoms with Crippen LogP contribution in [0.4, 0.5) is 18.0 Å². The number of hydrogen-bond donors (Lipinski definition) is 2. The van der Waals surface area contributed by atoms with Gasteiger partial charge in [-0.15, -0.1) is 0 Å². The number of urea groups is 1. The molecule has 0 aromatic rings. The molecule has 0 radical (unpaired) electrons. The number of nitrogens with one attached hydrogen (secondary N) is 1. The maximum Gasteiger partial charge on any atom is 0.406 e. The van der Waals surface area contributed by atoms with Gasteiger partial charge in [0.25, 0.3) is 0 Å². The summed E-state index contributed by atoms with van der Waals surface area (Å²) in [5.41, 5.74) is 0. The molecule has 0 aliphatic carbocycles. The topological polar surface area (TPSA) is 69.6 Å². The van der Waals surface area contributed by atoms with Gasteiger partial charge >= 0.3 is 18.2 Å². The van der Waals surface area contributed by atoms with E-state index in [4.69, 9.17) is 5.11 Å². The minimum atomic E-state index is -4.47. The van der Waals surface area contributed by atoms with Crippen LogP contribution in [0.5, 0.6) is 0 Å². The Hall–Kier alpha value is -1.47. The first-order chi connectivity index (χ1) is 9.06. The fourth-order valence-corrected chi connectivity index (χ4v) is 1.62. The molecule has 1 atom stereocenters. The lowest BCUT2D eigenvalue weighted by molar-refractivity contribution is -0.142. The second-order valence-corrected chi connectivity index (χ2v) is 4.90. The predicted octanol–water partition coefficient (Wildman–Crippen LogP) is 2.47. The Bertz CT molecular complexity index is 332. The largest absolute Gasteiger partial charge is 0.481 e. The van der Waals surface area contributed by atoms with Crippen LogP contribution >= 0.6 is 0 Å². The number of carboxylic acid groups (broad SMARTS) is 1. The summed E-state index contributed by atoms with van der Waals surface area (Å²) in [7, 11) is 0. The van der Waals surface area contributed by atoms with Gasteiger partial charge in [-0.05, 0) is 19.8 Å². The third-order valence-corrected chi connectivity index (χ3v) is 2.82. The van der Waals surface area contributed by atoms with Gasteiger partial charge in [0.2, 0.25) is 0 Å². The van der Waals surface area contributed by atoms with Crippen molar-refractivity contribution in [3.63, 3.8) is 0 Å². The van der Waals surface area contributed by atoms with Crippen molar-refractivity contribution in [1.82, 2.24) is 10.2 Å². The van der Waals surface area contributed by atoms with Gasteiger partial charge in [-0.25, -0.2) is 4.79 Å². The van der Waals surface area contributed by atoms with Crippen LogP contribution in [-0.4, -0.2) is 47.3 Å². The third-order valence-electron chi connectivity index (χ3n) is 2.82. The third kappa shape index (κ3) is 7.85. The van der Waals surface area contributed by atoms with Crippen LogP contribution in [0.25, 0.3) is 0 Å². The maximum absolute atomic E-state index is 12.4. The van der Waals surface area contributed by atoms with E-state index in [2.05, 4.69) is 5.32 Å². The Labute approximate surface area is 116 Å². The highest BCUT2D eigenvalue weighted by Gasteiger charge is 2.34. The number of carboxylic acids is 1. The van der Waals surface area contributed by atoms with Crippen molar-refractivity contribution in [2.24, 2.45) is 5.92 Å². The minimum Gasteiger partial charge on any atom is -0.481 e. The molecule has 0 heterocycles. The lowest BCUT2D eigenvalue weighted by Gasteiger charge is -2.28. The lowest BCUT2D eigenvalue weighted by Crippen LogP contribution is -2.49. The summed E-state index contributed by atoms with van der Waals surface area (Å²) in [5.74, 6) is -1.29. The SMILES string of the molecule is CCC(CNC(=O)N(CC(F)(F)F)C(C)C)CC(=O)O. The minimum absolute atomic E-state index is 0.0444. The standard InChI is InChI=1S/C12H21F3N2O3/c1-4-9(5-10(18)19)6-16-11(20)17(8(2)3)7-12(13,14)15/h8-9H,4-7H2,1-3H3,(H,16,20)(H,18,19). The molecular formula is C12H21F3N2O3. The van der Waals surface area contributed by atoms with Crippen LogP contribution in [0, 0.1) is 5.92 Å². The molecule has 0 saturated heterocycles. The van der Waals surface area contributed by atoms with Crippen molar-refractivity contribution in [2.45, 2.75) is 45.8 Å². The van der Waals surface area contributed by atoms with E-state index in [1.807, 2.05) is 0 Å². The maximum atomic E-state index is 12.4. The molecule has 0 rings (SSSR count). The Morgan fingerprint density at radius 2 is 1.85 bits per heavy atom. The van der Waals surface area contributed by atoms with Crippen LogP contribution in [-0.2, 0) is 4.79 Å². The molecule has 118 valence electrons. The number of rotatable bonds is 7. The summed E-state index contributed by atoms with van der Waals surface area (Å²) >= 11 is 0. The number of nitrogens with zero attached hydrogens (tertiary/aromatic N) is 1. The van der Waals surface area contributed by atoms with Crippen LogP contribution in [0.3, 0.4) is 0 Å². The average Bonchev–Trinajstić information content (AvgIpc) is 2.29. The molecule has 0 aromatic carbocycles. The average molecular weight is 298 g/mol. The van der Waals surface area contributed by atoms with E-state index in [0.29, 0.717) is 11.3 Å². The zero-order chi connectivity index (χ0) is 15.9. The summed E-state index contributed by atoms with van der Waals surface area (Å²) in [5, 5.41) is 11.0. The van der Waals surface area contributed by atoms with Crippen LogP contribution in [0.1, 0.15) is 33.6 Å². The predicted molar refractivity (Wildman–Crippen MR) is 67.3 cm³/mol. The molecule has 0 aromatic heterocycles. The van der Waals surface area contributed by atoms with E-state index in [1.165, 1.54) is 13.8 Å². The zero-order valence-electron chi connectivity index (χ0n) is 11.8. The normalized spacial score (nSPS) is 13.2. The number of alkyl halides is 3. The van der Waals surface area contributed by atoms with Gasteiger partial charge in [-0.2, -0.15) is 13.2 Å². The Kier molecular flexibility index (Phi) is 7.38. The molecule has 20 heavy (non-hydrogen) atoms. The number of amides is 2. The summed E-state index contributed by atoms with van der Waals surface area (Å²) in [6, 6.07) is -1.43. The van der Waals surface area contributed by atoms with Crippen LogP contribution < -0.4 is 5.32 Å². The second kappa shape index (κ2) is 7.96. The van der Waals surface area contributed by atoms with Crippen molar-refractivity contribution in [3.05, 3.63) is 0 Å². The molecule has 1 unspecified atom stereocenters. The van der Waals surface area contributed by atoms with Crippen molar-refractivity contribution in [1.29, 1.82) is 0 Å². The fourth-order valence-electron chi connectivity index (χ4n) is 1.62. The van der Waals surface area contributed by atoms with Gasteiger partial charge in [0.1, 0.15) is 6.54 Å². The Morgan fingerprint density at radius 1 is 1.30 bits per heavy atom. The molecule has 0 spiro atoms. The molecule has 5 nitrogen and oxygen atoms in total. The zero-order valence-corrected chi connectivity index (χ0v) is 11.8. The Balaban J connectivity index is 4.50. The first-order valence-corrected chi connectivity index (χ1v) is 6.39. The van der Waals surface area contributed by atoms with Crippen molar-refractivity contribution >= 4 is 12.0 Å². The van der Waals surface area contributed by atoms with E-state index in [9.17, 15) is 22.8 Å². The molecule has 8 heteroatoms.